The molecule has 0 aromatic rings. The summed E-state index contributed by atoms with van der Waals surface area (Å²) in [7, 11) is 0. The van der Waals surface area contributed by atoms with Gasteiger partial charge in [0.15, 0.2) is 0 Å². The molecule has 0 fully saturated rings. The van der Waals surface area contributed by atoms with Crippen molar-refractivity contribution in [1.82, 2.24) is 5.01 Å². The summed E-state index contributed by atoms with van der Waals surface area (Å²) in [5.74, 6) is 5.98. The molecule has 1 aliphatic carbocycles. The van der Waals surface area contributed by atoms with E-state index in [-0.39, 0.29) is 5.54 Å². The van der Waals surface area contributed by atoms with Crippen LogP contribution in [0, 0.1) is 0 Å². The molecule has 0 spiro atoms. The largest absolute Gasteiger partial charge is 0.298 e. The van der Waals surface area contributed by atoms with Crippen molar-refractivity contribution in [2.45, 2.75) is 45.1 Å². The van der Waals surface area contributed by atoms with Gasteiger partial charge in [-0.05, 0) is 38.2 Å². The lowest BCUT2D eigenvalue weighted by Crippen LogP contribution is -2.51. The minimum absolute atomic E-state index is 0.121. The van der Waals surface area contributed by atoms with Crippen LogP contribution in [0.2, 0.25) is 0 Å². The van der Waals surface area contributed by atoms with Crippen molar-refractivity contribution < 1.29 is 4.79 Å². The Morgan fingerprint density at radius 1 is 1.71 bits per heavy atom. The number of nitrogens with two attached hydrogens (primary N) is 1. The maximum Gasteiger partial charge on any atom is 0.145 e. The maximum absolute atomic E-state index is 10.7. The number of allylic oxidation sites excluding steroid dienone is 1. The van der Waals surface area contributed by atoms with Crippen LogP contribution in [0.3, 0.4) is 0 Å². The standard InChI is InChI=1S/C11H20N2O/c1-3-7-13(12)11(2)6-4-5-10(8-11)9-14/h8-9H,3-7,12H2,1-2H3. The molecule has 0 aliphatic heterocycles. The van der Waals surface area contributed by atoms with Gasteiger partial charge in [-0.25, -0.2) is 5.01 Å². The molecule has 1 rings (SSSR count). The molecule has 0 saturated heterocycles. The number of hydrazine groups is 1. The molecule has 80 valence electrons. The van der Waals surface area contributed by atoms with Crippen LogP contribution in [0.5, 0.6) is 0 Å². The summed E-state index contributed by atoms with van der Waals surface area (Å²) in [6.07, 6.45) is 7.02. The van der Waals surface area contributed by atoms with Crippen LogP contribution < -0.4 is 5.84 Å². The molecule has 0 aromatic carbocycles. The Kier molecular flexibility index (Phi) is 3.84. The van der Waals surface area contributed by atoms with E-state index in [9.17, 15) is 4.79 Å². The second-order valence-electron chi connectivity index (χ2n) is 4.24. The summed E-state index contributed by atoms with van der Waals surface area (Å²) in [6, 6.07) is 0. The van der Waals surface area contributed by atoms with Crippen LogP contribution in [0.4, 0.5) is 0 Å². The minimum atomic E-state index is -0.121. The van der Waals surface area contributed by atoms with Crippen LogP contribution in [-0.4, -0.2) is 23.4 Å². The van der Waals surface area contributed by atoms with Crippen LogP contribution in [0.1, 0.15) is 39.5 Å². The molecule has 3 heteroatoms. The average molecular weight is 196 g/mol. The van der Waals surface area contributed by atoms with E-state index in [1.807, 2.05) is 11.1 Å². The first kappa shape index (κ1) is 11.4. The molecule has 0 aromatic heterocycles. The van der Waals surface area contributed by atoms with E-state index in [1.54, 1.807) is 0 Å². The number of nitrogens with zero attached hydrogens (tertiary/aromatic N) is 1. The van der Waals surface area contributed by atoms with Gasteiger partial charge in [0.25, 0.3) is 0 Å². The van der Waals surface area contributed by atoms with Gasteiger partial charge in [0, 0.05) is 6.54 Å². The Labute approximate surface area is 85.9 Å². The first-order valence-electron chi connectivity index (χ1n) is 5.31. The summed E-state index contributed by atoms with van der Waals surface area (Å²) in [6.45, 7) is 5.08. The van der Waals surface area contributed by atoms with Crippen molar-refractivity contribution in [3.8, 4) is 0 Å². The van der Waals surface area contributed by atoms with E-state index >= 15 is 0 Å². The van der Waals surface area contributed by atoms with Crippen molar-refractivity contribution in [3.63, 3.8) is 0 Å². The van der Waals surface area contributed by atoms with Crippen molar-refractivity contribution >= 4 is 6.29 Å². The quantitative estimate of drug-likeness (QED) is 0.422. The van der Waals surface area contributed by atoms with E-state index in [2.05, 4.69) is 13.8 Å². The molecule has 0 bridgehead atoms. The van der Waals surface area contributed by atoms with Crippen LogP contribution in [0.15, 0.2) is 11.6 Å². The van der Waals surface area contributed by atoms with Gasteiger partial charge >= 0.3 is 0 Å². The molecule has 14 heavy (non-hydrogen) atoms. The highest BCUT2D eigenvalue weighted by atomic mass is 16.1. The number of aldehydes is 1. The van der Waals surface area contributed by atoms with Gasteiger partial charge in [0.1, 0.15) is 6.29 Å². The Hall–Kier alpha value is -0.670. The second-order valence-corrected chi connectivity index (χ2v) is 4.24. The zero-order chi connectivity index (χ0) is 10.6. The SMILES string of the molecule is CCCN(N)C1(C)C=C(C=O)CCC1. The third kappa shape index (κ3) is 2.42. The first-order chi connectivity index (χ1) is 6.62. The molecule has 2 N–H and O–H groups in total. The summed E-state index contributed by atoms with van der Waals surface area (Å²) in [5, 5.41) is 1.86. The maximum atomic E-state index is 10.7. The summed E-state index contributed by atoms with van der Waals surface area (Å²) in [5.41, 5.74) is 0.773. The topological polar surface area (TPSA) is 46.3 Å². The lowest BCUT2D eigenvalue weighted by molar-refractivity contribution is -0.105. The normalized spacial score (nSPS) is 27.6. The lowest BCUT2D eigenvalue weighted by Gasteiger charge is -2.38. The minimum Gasteiger partial charge on any atom is -0.298 e. The number of hydrogen-bond acceptors (Lipinski definition) is 3. The van der Waals surface area contributed by atoms with Crippen molar-refractivity contribution in [2.24, 2.45) is 5.84 Å². The molecule has 3 nitrogen and oxygen atoms in total. The predicted octanol–water partition coefficient (Wildman–Crippen LogP) is 1.64. The summed E-state index contributed by atoms with van der Waals surface area (Å²) in [4.78, 5) is 10.7. The zero-order valence-corrected chi connectivity index (χ0v) is 9.12. The molecule has 1 atom stereocenters. The predicted molar refractivity (Wildman–Crippen MR) is 57.6 cm³/mol. The van der Waals surface area contributed by atoms with E-state index in [0.717, 1.165) is 44.1 Å². The number of rotatable bonds is 4. The Bertz CT molecular complexity index is 237. The first-order valence-corrected chi connectivity index (χ1v) is 5.31. The highest BCUT2D eigenvalue weighted by Crippen LogP contribution is 2.29. The Balaban J connectivity index is 2.76. The highest BCUT2D eigenvalue weighted by Gasteiger charge is 2.29. The molecule has 1 unspecified atom stereocenters. The Morgan fingerprint density at radius 2 is 2.43 bits per heavy atom. The smallest absolute Gasteiger partial charge is 0.145 e. The fourth-order valence-electron chi connectivity index (χ4n) is 2.01. The fourth-order valence-corrected chi connectivity index (χ4v) is 2.01. The third-order valence-electron chi connectivity index (χ3n) is 2.92. The van der Waals surface area contributed by atoms with E-state index in [0.29, 0.717) is 0 Å². The number of carbonyl (C=O) groups is 1. The average Bonchev–Trinajstić information content (AvgIpc) is 2.18. The van der Waals surface area contributed by atoms with Gasteiger partial charge in [0.2, 0.25) is 0 Å². The fraction of sp³-hybridized carbons (Fsp3) is 0.727. The molecular weight excluding hydrogens is 176 g/mol. The molecule has 0 heterocycles. The summed E-state index contributed by atoms with van der Waals surface area (Å²) < 4.78 is 0. The van der Waals surface area contributed by atoms with Gasteiger partial charge in [-0.15, -0.1) is 0 Å². The third-order valence-corrected chi connectivity index (χ3v) is 2.92. The monoisotopic (exact) mass is 196 g/mol. The van der Waals surface area contributed by atoms with E-state index < -0.39 is 0 Å². The van der Waals surface area contributed by atoms with Crippen molar-refractivity contribution in [1.29, 1.82) is 0 Å². The molecule has 0 radical (unpaired) electrons. The van der Waals surface area contributed by atoms with Gasteiger partial charge in [0.05, 0.1) is 5.54 Å². The zero-order valence-electron chi connectivity index (χ0n) is 9.12. The number of carbonyl (C=O) groups excluding carboxylic acids is 1. The molecule has 0 amide bonds. The van der Waals surface area contributed by atoms with Gasteiger partial charge in [-0.1, -0.05) is 13.0 Å². The van der Waals surface area contributed by atoms with E-state index in [1.165, 1.54) is 0 Å². The number of hydrogen-bond donors (Lipinski definition) is 1. The van der Waals surface area contributed by atoms with Crippen LogP contribution in [-0.2, 0) is 4.79 Å². The van der Waals surface area contributed by atoms with Gasteiger partial charge < -0.3 is 0 Å². The van der Waals surface area contributed by atoms with Crippen molar-refractivity contribution in [3.05, 3.63) is 11.6 Å². The lowest BCUT2D eigenvalue weighted by atomic mass is 9.85. The molecule has 0 saturated carbocycles. The van der Waals surface area contributed by atoms with Crippen molar-refractivity contribution in [2.75, 3.05) is 6.54 Å². The van der Waals surface area contributed by atoms with Crippen LogP contribution in [0.25, 0.3) is 0 Å². The Morgan fingerprint density at radius 3 is 3.00 bits per heavy atom. The summed E-state index contributed by atoms with van der Waals surface area (Å²) >= 11 is 0. The second kappa shape index (κ2) is 4.71. The van der Waals surface area contributed by atoms with Gasteiger partial charge in [-0.3, -0.25) is 10.6 Å². The van der Waals surface area contributed by atoms with Gasteiger partial charge in [-0.2, -0.15) is 0 Å². The molecule has 1 aliphatic rings. The van der Waals surface area contributed by atoms with E-state index in [4.69, 9.17) is 5.84 Å². The molecular formula is C11H20N2O. The van der Waals surface area contributed by atoms with Crippen LogP contribution >= 0.6 is 0 Å². The highest BCUT2D eigenvalue weighted by molar-refractivity contribution is 5.73.